The Morgan fingerprint density at radius 1 is 1.14 bits per heavy atom. The average Bonchev–Trinajstić information content (AvgIpc) is 2.42. The Kier molecular flexibility index (Phi) is 5.27. The van der Waals surface area contributed by atoms with E-state index in [1.165, 1.54) is 0 Å². The standard InChI is InChI=1S/C17H19ClO3S/c1-12-7-8-13(2)14(9-12)10-22(20,21)11-17(19)15-5-3-4-6-16(15)18/h3-9,17,19H,10-11H2,1-2H3. The zero-order valence-corrected chi connectivity index (χ0v) is 14.2. The summed E-state index contributed by atoms with van der Waals surface area (Å²) in [6.45, 7) is 3.81. The van der Waals surface area contributed by atoms with Gasteiger partial charge in [-0.15, -0.1) is 0 Å². The topological polar surface area (TPSA) is 54.4 Å². The van der Waals surface area contributed by atoms with Gasteiger partial charge in [0.2, 0.25) is 0 Å². The van der Waals surface area contributed by atoms with Crippen molar-refractivity contribution in [2.24, 2.45) is 0 Å². The molecule has 0 amide bonds. The first-order valence-electron chi connectivity index (χ1n) is 6.97. The molecule has 5 heteroatoms. The van der Waals surface area contributed by atoms with Crippen LogP contribution in [0.4, 0.5) is 0 Å². The molecular weight excluding hydrogens is 320 g/mol. The Labute approximate surface area is 136 Å². The quantitative estimate of drug-likeness (QED) is 0.906. The van der Waals surface area contributed by atoms with E-state index in [1.807, 2.05) is 32.0 Å². The summed E-state index contributed by atoms with van der Waals surface area (Å²) in [7, 11) is -3.45. The number of benzene rings is 2. The summed E-state index contributed by atoms with van der Waals surface area (Å²) in [4.78, 5) is 0. The zero-order valence-electron chi connectivity index (χ0n) is 12.6. The van der Waals surface area contributed by atoms with Crippen LogP contribution in [0.1, 0.15) is 28.4 Å². The van der Waals surface area contributed by atoms with Crippen LogP contribution in [0.5, 0.6) is 0 Å². The van der Waals surface area contributed by atoms with Gasteiger partial charge in [-0.05, 0) is 31.0 Å². The van der Waals surface area contributed by atoms with E-state index in [2.05, 4.69) is 0 Å². The molecule has 0 aliphatic heterocycles. The van der Waals surface area contributed by atoms with Gasteiger partial charge < -0.3 is 5.11 Å². The molecule has 0 aliphatic carbocycles. The van der Waals surface area contributed by atoms with Crippen molar-refractivity contribution in [3.05, 3.63) is 69.7 Å². The number of aliphatic hydroxyl groups is 1. The van der Waals surface area contributed by atoms with Crippen LogP contribution in [-0.2, 0) is 15.6 Å². The maximum Gasteiger partial charge on any atom is 0.157 e. The number of halogens is 1. The summed E-state index contributed by atoms with van der Waals surface area (Å²) < 4.78 is 24.7. The number of aliphatic hydroxyl groups excluding tert-OH is 1. The van der Waals surface area contributed by atoms with Gasteiger partial charge in [-0.1, -0.05) is 53.6 Å². The fourth-order valence-electron chi connectivity index (χ4n) is 2.33. The molecule has 2 aromatic rings. The summed E-state index contributed by atoms with van der Waals surface area (Å²) >= 11 is 6.00. The van der Waals surface area contributed by atoms with Crippen molar-refractivity contribution in [1.82, 2.24) is 0 Å². The van der Waals surface area contributed by atoms with Crippen LogP contribution in [0.25, 0.3) is 0 Å². The van der Waals surface area contributed by atoms with Gasteiger partial charge in [0.25, 0.3) is 0 Å². The van der Waals surface area contributed by atoms with Crippen molar-refractivity contribution in [1.29, 1.82) is 0 Å². The van der Waals surface area contributed by atoms with Gasteiger partial charge in [0.05, 0.1) is 17.6 Å². The van der Waals surface area contributed by atoms with E-state index < -0.39 is 15.9 Å². The van der Waals surface area contributed by atoms with Crippen LogP contribution < -0.4 is 0 Å². The molecule has 118 valence electrons. The Bertz CT molecular complexity index is 769. The van der Waals surface area contributed by atoms with Crippen molar-refractivity contribution in [2.75, 3.05) is 5.75 Å². The predicted molar refractivity (Wildman–Crippen MR) is 89.8 cm³/mol. The third-order valence-electron chi connectivity index (χ3n) is 3.56. The summed E-state index contributed by atoms with van der Waals surface area (Å²) in [5, 5.41) is 10.5. The third kappa shape index (κ3) is 4.32. The molecule has 0 aromatic heterocycles. The molecule has 22 heavy (non-hydrogen) atoms. The van der Waals surface area contributed by atoms with Gasteiger partial charge in [-0.25, -0.2) is 8.42 Å². The molecule has 0 saturated heterocycles. The second-order valence-corrected chi connectivity index (χ2v) is 8.04. The molecule has 0 saturated carbocycles. The monoisotopic (exact) mass is 338 g/mol. The minimum absolute atomic E-state index is 0.0813. The van der Waals surface area contributed by atoms with Crippen LogP contribution in [0, 0.1) is 13.8 Å². The Hall–Kier alpha value is -1.36. The molecule has 1 unspecified atom stereocenters. The van der Waals surface area contributed by atoms with E-state index in [0.29, 0.717) is 10.6 Å². The molecular formula is C17H19ClO3S. The molecule has 0 radical (unpaired) electrons. The number of hydrogen-bond acceptors (Lipinski definition) is 3. The van der Waals surface area contributed by atoms with Crippen LogP contribution in [-0.4, -0.2) is 19.3 Å². The second-order valence-electron chi connectivity index (χ2n) is 5.52. The van der Waals surface area contributed by atoms with Gasteiger partial charge in [0.15, 0.2) is 9.84 Å². The lowest BCUT2D eigenvalue weighted by Crippen LogP contribution is -2.17. The van der Waals surface area contributed by atoms with Gasteiger partial charge in [-0.2, -0.15) is 0 Å². The summed E-state index contributed by atoms with van der Waals surface area (Å²) in [6.07, 6.45) is -1.12. The average molecular weight is 339 g/mol. The highest BCUT2D eigenvalue weighted by atomic mass is 35.5. The maximum absolute atomic E-state index is 12.4. The van der Waals surface area contributed by atoms with Crippen LogP contribution in [0.2, 0.25) is 5.02 Å². The predicted octanol–water partition coefficient (Wildman–Crippen LogP) is 3.61. The summed E-state index contributed by atoms with van der Waals surface area (Å²) in [6, 6.07) is 12.5. The van der Waals surface area contributed by atoms with Crippen molar-refractivity contribution in [2.45, 2.75) is 25.7 Å². The SMILES string of the molecule is Cc1ccc(C)c(CS(=O)(=O)CC(O)c2ccccc2Cl)c1. The highest BCUT2D eigenvalue weighted by Gasteiger charge is 2.21. The smallest absolute Gasteiger partial charge is 0.157 e. The normalized spacial score (nSPS) is 13.1. The summed E-state index contributed by atoms with van der Waals surface area (Å²) in [5.41, 5.74) is 3.16. The van der Waals surface area contributed by atoms with E-state index in [0.717, 1.165) is 16.7 Å². The maximum atomic E-state index is 12.4. The van der Waals surface area contributed by atoms with Crippen molar-refractivity contribution in [3.63, 3.8) is 0 Å². The van der Waals surface area contributed by atoms with Gasteiger partial charge in [0, 0.05) is 10.6 Å². The van der Waals surface area contributed by atoms with E-state index >= 15 is 0 Å². The molecule has 2 rings (SSSR count). The molecule has 1 N–H and O–H groups in total. The Morgan fingerprint density at radius 3 is 2.50 bits per heavy atom. The van der Waals surface area contributed by atoms with Crippen LogP contribution in [0.15, 0.2) is 42.5 Å². The number of rotatable bonds is 5. The fourth-order valence-corrected chi connectivity index (χ4v) is 4.15. The zero-order chi connectivity index (χ0) is 16.3. The lowest BCUT2D eigenvalue weighted by molar-refractivity contribution is 0.201. The third-order valence-corrected chi connectivity index (χ3v) is 5.47. The lowest BCUT2D eigenvalue weighted by Gasteiger charge is -2.14. The van der Waals surface area contributed by atoms with Crippen molar-refractivity contribution < 1.29 is 13.5 Å². The van der Waals surface area contributed by atoms with E-state index in [1.54, 1.807) is 24.3 Å². The number of sulfone groups is 1. The minimum Gasteiger partial charge on any atom is -0.387 e. The van der Waals surface area contributed by atoms with Gasteiger partial charge in [-0.3, -0.25) is 0 Å². The van der Waals surface area contributed by atoms with Crippen LogP contribution >= 0.6 is 11.6 Å². The molecule has 0 heterocycles. The van der Waals surface area contributed by atoms with Crippen molar-refractivity contribution >= 4 is 21.4 Å². The highest BCUT2D eigenvalue weighted by Crippen LogP contribution is 2.25. The molecule has 0 fully saturated rings. The molecule has 3 nitrogen and oxygen atoms in total. The summed E-state index contributed by atoms with van der Waals surface area (Å²) in [5.74, 6) is -0.424. The first-order chi connectivity index (χ1) is 10.3. The molecule has 0 aliphatic rings. The molecule has 1 atom stereocenters. The van der Waals surface area contributed by atoms with E-state index in [-0.39, 0.29) is 11.5 Å². The first kappa shape index (κ1) is 17.0. The fraction of sp³-hybridized carbons (Fsp3) is 0.294. The molecule has 0 spiro atoms. The number of aryl methyl sites for hydroxylation is 2. The largest absolute Gasteiger partial charge is 0.387 e. The van der Waals surface area contributed by atoms with Gasteiger partial charge in [0.1, 0.15) is 0 Å². The molecule has 2 aromatic carbocycles. The number of hydrogen-bond donors (Lipinski definition) is 1. The Morgan fingerprint density at radius 2 is 1.82 bits per heavy atom. The molecule has 0 bridgehead atoms. The second kappa shape index (κ2) is 6.82. The first-order valence-corrected chi connectivity index (χ1v) is 9.17. The Balaban J connectivity index is 2.18. The van der Waals surface area contributed by atoms with E-state index in [9.17, 15) is 13.5 Å². The van der Waals surface area contributed by atoms with Crippen molar-refractivity contribution in [3.8, 4) is 0 Å². The van der Waals surface area contributed by atoms with Crippen LogP contribution in [0.3, 0.4) is 0 Å². The highest BCUT2D eigenvalue weighted by molar-refractivity contribution is 7.90. The van der Waals surface area contributed by atoms with E-state index in [4.69, 9.17) is 11.6 Å². The van der Waals surface area contributed by atoms with Gasteiger partial charge >= 0.3 is 0 Å². The lowest BCUT2D eigenvalue weighted by atomic mass is 10.1. The minimum atomic E-state index is -3.45.